The van der Waals surface area contributed by atoms with Gasteiger partial charge in [0, 0.05) is 5.02 Å². The number of hydrogen-bond donors (Lipinski definition) is 3. The van der Waals surface area contributed by atoms with Crippen LogP contribution in [-0.2, 0) is 0 Å². The topological polar surface area (TPSA) is 90.6 Å². The molecule has 1 aromatic heterocycles. The lowest BCUT2D eigenvalue weighted by Crippen LogP contribution is -2.15. The minimum Gasteiger partial charge on any atom is -0.318 e. The SMILES string of the molecule is O=C(Nc1ccc(Cl)cc1Cl)c1n[nH]c(=O)[nH]1. The third kappa shape index (κ3) is 2.66. The van der Waals surface area contributed by atoms with Crippen LogP contribution in [0.25, 0.3) is 0 Å². The van der Waals surface area contributed by atoms with E-state index in [1.807, 2.05) is 0 Å². The average molecular weight is 273 g/mol. The van der Waals surface area contributed by atoms with E-state index in [9.17, 15) is 9.59 Å². The zero-order chi connectivity index (χ0) is 12.4. The monoisotopic (exact) mass is 272 g/mol. The summed E-state index contributed by atoms with van der Waals surface area (Å²) in [6.07, 6.45) is 0. The number of H-pyrrole nitrogens is 2. The van der Waals surface area contributed by atoms with Gasteiger partial charge >= 0.3 is 5.69 Å². The van der Waals surface area contributed by atoms with E-state index in [0.717, 1.165) is 0 Å². The average Bonchev–Trinajstić information content (AvgIpc) is 2.69. The Morgan fingerprint density at radius 3 is 2.71 bits per heavy atom. The lowest BCUT2D eigenvalue weighted by Gasteiger charge is -2.05. The molecule has 2 aromatic rings. The van der Waals surface area contributed by atoms with Gasteiger partial charge in [0.25, 0.3) is 5.91 Å². The molecule has 0 bridgehead atoms. The second kappa shape index (κ2) is 4.60. The molecule has 0 atom stereocenters. The van der Waals surface area contributed by atoms with Crippen LogP contribution in [-0.4, -0.2) is 21.1 Å². The number of carbonyl (C=O) groups excluding carboxylic acids is 1. The molecule has 6 nitrogen and oxygen atoms in total. The fourth-order valence-corrected chi connectivity index (χ4v) is 1.61. The van der Waals surface area contributed by atoms with Crippen molar-refractivity contribution in [3.05, 3.63) is 44.6 Å². The Morgan fingerprint density at radius 1 is 1.35 bits per heavy atom. The van der Waals surface area contributed by atoms with Gasteiger partial charge < -0.3 is 5.32 Å². The summed E-state index contributed by atoms with van der Waals surface area (Å²) in [7, 11) is 0. The Morgan fingerprint density at radius 2 is 2.12 bits per heavy atom. The van der Waals surface area contributed by atoms with E-state index >= 15 is 0 Å². The van der Waals surface area contributed by atoms with Crippen LogP contribution in [0.5, 0.6) is 0 Å². The quantitative estimate of drug-likeness (QED) is 0.777. The largest absolute Gasteiger partial charge is 0.341 e. The van der Waals surface area contributed by atoms with Crippen LogP contribution in [0.15, 0.2) is 23.0 Å². The second-order valence-electron chi connectivity index (χ2n) is 3.10. The first-order valence-electron chi connectivity index (χ1n) is 4.47. The molecule has 0 radical (unpaired) electrons. The van der Waals surface area contributed by atoms with Crippen molar-refractivity contribution in [2.24, 2.45) is 0 Å². The number of halogens is 2. The number of rotatable bonds is 2. The fourth-order valence-electron chi connectivity index (χ4n) is 1.15. The molecule has 88 valence electrons. The van der Waals surface area contributed by atoms with Gasteiger partial charge in [-0.3, -0.25) is 9.78 Å². The van der Waals surface area contributed by atoms with Gasteiger partial charge in [-0.2, -0.15) is 0 Å². The van der Waals surface area contributed by atoms with Crippen molar-refractivity contribution in [3.63, 3.8) is 0 Å². The highest BCUT2D eigenvalue weighted by molar-refractivity contribution is 6.36. The number of aromatic nitrogens is 3. The normalized spacial score (nSPS) is 10.2. The number of benzene rings is 1. The van der Waals surface area contributed by atoms with Crippen molar-refractivity contribution in [2.45, 2.75) is 0 Å². The molecule has 0 aliphatic carbocycles. The smallest absolute Gasteiger partial charge is 0.318 e. The van der Waals surface area contributed by atoms with Gasteiger partial charge in [-0.05, 0) is 18.2 Å². The van der Waals surface area contributed by atoms with Crippen molar-refractivity contribution >= 4 is 34.8 Å². The highest BCUT2D eigenvalue weighted by atomic mass is 35.5. The summed E-state index contributed by atoms with van der Waals surface area (Å²) >= 11 is 11.6. The number of hydrogen-bond acceptors (Lipinski definition) is 3. The standard InChI is InChI=1S/C9H6Cl2N4O2/c10-4-1-2-6(5(11)3-4)12-8(16)7-13-9(17)15-14-7/h1-3H,(H,12,16)(H2,13,14,15,17). The Balaban J connectivity index is 2.21. The maximum absolute atomic E-state index is 11.6. The summed E-state index contributed by atoms with van der Waals surface area (Å²) in [6, 6.07) is 4.62. The van der Waals surface area contributed by atoms with Crippen molar-refractivity contribution in [3.8, 4) is 0 Å². The Labute approximate surface area is 105 Å². The molecule has 0 aliphatic heterocycles. The van der Waals surface area contributed by atoms with E-state index in [4.69, 9.17) is 23.2 Å². The molecule has 0 unspecified atom stereocenters. The van der Waals surface area contributed by atoms with Crippen molar-refractivity contribution in [2.75, 3.05) is 5.32 Å². The lowest BCUT2D eigenvalue weighted by atomic mass is 10.3. The van der Waals surface area contributed by atoms with Gasteiger partial charge in [0.15, 0.2) is 0 Å². The van der Waals surface area contributed by atoms with Gasteiger partial charge in [-0.25, -0.2) is 9.89 Å². The van der Waals surface area contributed by atoms with E-state index in [1.165, 1.54) is 6.07 Å². The van der Waals surface area contributed by atoms with Gasteiger partial charge in [0.05, 0.1) is 10.7 Å². The molecule has 1 aromatic carbocycles. The molecule has 2 rings (SSSR count). The molecule has 8 heteroatoms. The number of amides is 1. The molecule has 17 heavy (non-hydrogen) atoms. The summed E-state index contributed by atoms with van der Waals surface area (Å²) in [5, 5.41) is 8.81. The molecule has 3 N–H and O–H groups in total. The van der Waals surface area contributed by atoms with E-state index in [0.29, 0.717) is 15.7 Å². The molecular formula is C9H6Cl2N4O2. The molecule has 1 heterocycles. The third-order valence-corrected chi connectivity index (χ3v) is 2.44. The van der Waals surface area contributed by atoms with Crippen LogP contribution in [0.3, 0.4) is 0 Å². The lowest BCUT2D eigenvalue weighted by molar-refractivity contribution is 0.101. The van der Waals surface area contributed by atoms with Crippen LogP contribution in [0.1, 0.15) is 10.6 Å². The molecule has 0 aliphatic rings. The number of nitrogens with one attached hydrogen (secondary N) is 3. The Kier molecular flexibility index (Phi) is 3.16. The first-order valence-corrected chi connectivity index (χ1v) is 5.23. The summed E-state index contributed by atoms with van der Waals surface area (Å²) < 4.78 is 0. The Bertz CT molecular complexity index is 619. The van der Waals surface area contributed by atoms with Crippen LogP contribution < -0.4 is 11.0 Å². The Hall–Kier alpha value is -1.79. The first-order chi connectivity index (χ1) is 8.06. The van der Waals surface area contributed by atoms with Crippen LogP contribution in [0.2, 0.25) is 10.0 Å². The van der Waals surface area contributed by atoms with Gasteiger partial charge in [0.1, 0.15) is 0 Å². The highest BCUT2D eigenvalue weighted by Gasteiger charge is 2.11. The second-order valence-corrected chi connectivity index (χ2v) is 3.95. The minimum absolute atomic E-state index is 0.124. The van der Waals surface area contributed by atoms with Gasteiger partial charge in [-0.15, -0.1) is 5.10 Å². The van der Waals surface area contributed by atoms with E-state index < -0.39 is 11.6 Å². The molecule has 0 saturated heterocycles. The van der Waals surface area contributed by atoms with Crippen LogP contribution >= 0.6 is 23.2 Å². The van der Waals surface area contributed by atoms with Crippen molar-refractivity contribution < 1.29 is 4.79 Å². The predicted molar refractivity (Wildman–Crippen MR) is 63.6 cm³/mol. The van der Waals surface area contributed by atoms with Crippen LogP contribution in [0, 0.1) is 0 Å². The maximum atomic E-state index is 11.6. The molecule has 1 amide bonds. The summed E-state index contributed by atoms with van der Waals surface area (Å²) in [5.74, 6) is -0.700. The minimum atomic E-state index is -0.576. The summed E-state index contributed by atoms with van der Waals surface area (Å²) in [4.78, 5) is 24.6. The summed E-state index contributed by atoms with van der Waals surface area (Å²) in [6.45, 7) is 0. The molecular weight excluding hydrogens is 267 g/mol. The number of anilines is 1. The van der Waals surface area contributed by atoms with Gasteiger partial charge in [0.2, 0.25) is 5.82 Å². The van der Waals surface area contributed by atoms with Crippen molar-refractivity contribution in [1.82, 2.24) is 15.2 Å². The molecule has 0 spiro atoms. The third-order valence-electron chi connectivity index (χ3n) is 1.90. The molecule has 0 fully saturated rings. The van der Waals surface area contributed by atoms with E-state index in [-0.39, 0.29) is 5.82 Å². The van der Waals surface area contributed by atoms with E-state index in [1.54, 1.807) is 12.1 Å². The number of carbonyl (C=O) groups is 1. The predicted octanol–water partition coefficient (Wildman–Crippen LogP) is 1.66. The summed E-state index contributed by atoms with van der Waals surface area (Å²) in [5.41, 5.74) is -0.178. The molecule has 0 saturated carbocycles. The maximum Gasteiger partial charge on any atom is 0.341 e. The highest BCUT2D eigenvalue weighted by Crippen LogP contribution is 2.25. The first kappa shape index (κ1) is 11.7. The zero-order valence-corrected chi connectivity index (χ0v) is 9.76. The van der Waals surface area contributed by atoms with Crippen molar-refractivity contribution in [1.29, 1.82) is 0 Å². The van der Waals surface area contributed by atoms with Crippen LogP contribution in [0.4, 0.5) is 5.69 Å². The van der Waals surface area contributed by atoms with E-state index in [2.05, 4.69) is 20.5 Å². The van der Waals surface area contributed by atoms with Gasteiger partial charge in [-0.1, -0.05) is 23.2 Å². The zero-order valence-electron chi connectivity index (χ0n) is 8.25. The fraction of sp³-hybridized carbons (Fsp3) is 0. The number of nitrogens with zero attached hydrogens (tertiary/aromatic N) is 1. The number of aromatic amines is 2.